The van der Waals surface area contributed by atoms with E-state index < -0.39 is 10.0 Å². The van der Waals surface area contributed by atoms with Crippen molar-refractivity contribution in [1.29, 1.82) is 0 Å². The zero-order valence-electron chi connectivity index (χ0n) is 16.8. The monoisotopic (exact) mass is 430 g/mol. The van der Waals surface area contributed by atoms with Crippen LogP contribution < -0.4 is 15.9 Å². The molecule has 2 heterocycles. The molecule has 1 aromatic carbocycles. The van der Waals surface area contributed by atoms with Gasteiger partial charge in [0.2, 0.25) is 10.0 Å². The lowest BCUT2D eigenvalue weighted by molar-refractivity contribution is 0.122. The molecule has 160 valence electrons. The van der Waals surface area contributed by atoms with Gasteiger partial charge in [-0.15, -0.1) is 0 Å². The van der Waals surface area contributed by atoms with E-state index in [4.69, 9.17) is 10.9 Å². The summed E-state index contributed by atoms with van der Waals surface area (Å²) in [6, 6.07) is 5.30. The Morgan fingerprint density at radius 1 is 1.20 bits per heavy atom. The van der Waals surface area contributed by atoms with Gasteiger partial charge in [-0.1, -0.05) is 0 Å². The van der Waals surface area contributed by atoms with Gasteiger partial charge in [0.25, 0.3) is 0 Å². The van der Waals surface area contributed by atoms with Gasteiger partial charge in [0.15, 0.2) is 0 Å². The standard InChI is InChI=1S/C20H26N6O3S/c1-13-9-17(18-11-23-20(21)12-25(18)26-8-2-7-24-26)19(30(22,28)29)10-16(13)14-3-5-15(27)6-4-14/h2,7-11,14-15,27H,3-6,12H2,1H3,(H2,21,23)(H2,22,28,29). The second-order valence-corrected chi connectivity index (χ2v) is 9.40. The molecule has 0 atom stereocenters. The number of hydrogen-bond acceptors (Lipinski definition) is 7. The summed E-state index contributed by atoms with van der Waals surface area (Å²) in [5.41, 5.74) is 8.86. The highest BCUT2D eigenvalue weighted by atomic mass is 32.2. The number of aliphatic hydroxyl groups excluding tert-OH is 1. The van der Waals surface area contributed by atoms with Gasteiger partial charge in [0.1, 0.15) is 5.84 Å². The van der Waals surface area contributed by atoms with Crippen molar-refractivity contribution in [3.05, 3.63) is 53.5 Å². The number of aliphatic imine (C=N–C) groups is 1. The molecule has 0 unspecified atom stereocenters. The average molecular weight is 431 g/mol. The molecule has 10 heteroatoms. The van der Waals surface area contributed by atoms with Gasteiger partial charge < -0.3 is 10.8 Å². The number of aryl methyl sites for hydroxylation is 1. The van der Waals surface area contributed by atoms with Crippen molar-refractivity contribution in [2.24, 2.45) is 15.9 Å². The topological polar surface area (TPSA) is 140 Å². The van der Waals surface area contributed by atoms with E-state index in [9.17, 15) is 13.5 Å². The molecular formula is C20H26N6O3S. The summed E-state index contributed by atoms with van der Waals surface area (Å²) in [4.78, 5) is 5.85. The van der Waals surface area contributed by atoms with Crippen LogP contribution in [0.15, 0.2) is 46.7 Å². The molecule has 0 bridgehead atoms. The minimum Gasteiger partial charge on any atom is -0.393 e. The zero-order chi connectivity index (χ0) is 21.5. The number of aliphatic hydroxyl groups is 1. The number of rotatable bonds is 4. The first kappa shape index (κ1) is 20.6. The highest BCUT2D eigenvalue weighted by Gasteiger charge is 2.29. The molecule has 1 fully saturated rings. The Morgan fingerprint density at radius 2 is 1.93 bits per heavy atom. The van der Waals surface area contributed by atoms with Crippen LogP contribution >= 0.6 is 0 Å². The van der Waals surface area contributed by atoms with E-state index in [1.165, 1.54) is 0 Å². The van der Waals surface area contributed by atoms with Crippen LogP contribution in [0.3, 0.4) is 0 Å². The third-order valence-electron chi connectivity index (χ3n) is 5.77. The van der Waals surface area contributed by atoms with Crippen molar-refractivity contribution in [2.75, 3.05) is 11.6 Å². The molecule has 30 heavy (non-hydrogen) atoms. The largest absolute Gasteiger partial charge is 0.393 e. The van der Waals surface area contributed by atoms with E-state index >= 15 is 0 Å². The van der Waals surface area contributed by atoms with Crippen LogP contribution in [0.1, 0.15) is 48.3 Å². The quantitative estimate of drug-likeness (QED) is 0.665. The Labute approximate surface area is 175 Å². The number of nitrogens with zero attached hydrogens (tertiary/aromatic N) is 4. The fourth-order valence-electron chi connectivity index (χ4n) is 4.25. The fourth-order valence-corrected chi connectivity index (χ4v) is 5.01. The SMILES string of the molecule is Cc1cc(C2=CN=C(N)CN2n2cccn2)c(S(N)(=O)=O)cc1C1CCC(O)CC1. The van der Waals surface area contributed by atoms with E-state index in [0.29, 0.717) is 29.9 Å². The lowest BCUT2D eigenvalue weighted by Gasteiger charge is -2.31. The van der Waals surface area contributed by atoms with Gasteiger partial charge in [0, 0.05) is 11.8 Å². The minimum atomic E-state index is -4.00. The van der Waals surface area contributed by atoms with Gasteiger partial charge >= 0.3 is 0 Å². The second kappa shape index (κ2) is 7.86. The molecular weight excluding hydrogens is 404 g/mol. The van der Waals surface area contributed by atoms with E-state index in [2.05, 4.69) is 10.1 Å². The molecule has 2 aliphatic rings. The molecule has 0 spiro atoms. The summed E-state index contributed by atoms with van der Waals surface area (Å²) in [6.45, 7) is 2.23. The Kier molecular flexibility index (Phi) is 5.39. The number of amidine groups is 1. The van der Waals surface area contributed by atoms with E-state index in [0.717, 1.165) is 24.0 Å². The van der Waals surface area contributed by atoms with Gasteiger partial charge in [-0.2, -0.15) is 9.89 Å². The minimum absolute atomic E-state index is 0.0494. The Balaban J connectivity index is 1.84. The average Bonchev–Trinajstić information content (AvgIpc) is 3.22. The fraction of sp³-hybridized carbons (Fsp3) is 0.400. The van der Waals surface area contributed by atoms with Crippen LogP contribution in [0.5, 0.6) is 0 Å². The summed E-state index contributed by atoms with van der Waals surface area (Å²) < 4.78 is 25.1. The van der Waals surface area contributed by atoms with E-state index in [-0.39, 0.29) is 23.5 Å². The Morgan fingerprint density at radius 3 is 2.57 bits per heavy atom. The van der Waals surface area contributed by atoms with Crippen LogP contribution in [0.2, 0.25) is 0 Å². The Bertz CT molecular complexity index is 1100. The number of primary sulfonamides is 1. The molecule has 1 aliphatic heterocycles. The number of nitrogens with two attached hydrogens (primary N) is 2. The smallest absolute Gasteiger partial charge is 0.238 e. The van der Waals surface area contributed by atoms with Crippen molar-refractivity contribution in [1.82, 2.24) is 9.89 Å². The predicted molar refractivity (Wildman–Crippen MR) is 115 cm³/mol. The van der Waals surface area contributed by atoms with Crippen LogP contribution in [-0.4, -0.2) is 41.9 Å². The van der Waals surface area contributed by atoms with Gasteiger partial charge in [-0.05, 0) is 67.9 Å². The molecule has 1 aliphatic carbocycles. The van der Waals surface area contributed by atoms with Crippen molar-refractivity contribution in [2.45, 2.75) is 49.5 Å². The summed E-state index contributed by atoms with van der Waals surface area (Å²) in [5, 5.41) is 21.5. The molecule has 9 nitrogen and oxygen atoms in total. The van der Waals surface area contributed by atoms with Gasteiger partial charge in [-0.25, -0.2) is 18.5 Å². The van der Waals surface area contributed by atoms with Crippen molar-refractivity contribution in [3.8, 4) is 0 Å². The first-order valence-electron chi connectivity index (χ1n) is 9.89. The lowest BCUT2D eigenvalue weighted by Crippen LogP contribution is -2.42. The van der Waals surface area contributed by atoms with Crippen LogP contribution in [0.4, 0.5) is 0 Å². The maximum Gasteiger partial charge on any atom is 0.238 e. The highest BCUT2D eigenvalue weighted by molar-refractivity contribution is 7.89. The molecule has 1 saturated carbocycles. The van der Waals surface area contributed by atoms with Crippen LogP contribution in [0.25, 0.3) is 5.70 Å². The zero-order valence-corrected chi connectivity index (χ0v) is 17.6. The maximum absolute atomic E-state index is 12.6. The number of benzene rings is 1. The summed E-state index contributed by atoms with van der Waals surface area (Å²) in [6.07, 6.45) is 7.69. The lowest BCUT2D eigenvalue weighted by atomic mass is 9.80. The summed E-state index contributed by atoms with van der Waals surface area (Å²) >= 11 is 0. The van der Waals surface area contributed by atoms with E-state index in [1.807, 2.05) is 13.0 Å². The molecule has 0 radical (unpaired) electrons. The van der Waals surface area contributed by atoms with Crippen molar-refractivity contribution < 1.29 is 13.5 Å². The summed E-state index contributed by atoms with van der Waals surface area (Å²) in [7, 11) is -4.00. The number of hydrogen-bond donors (Lipinski definition) is 3. The van der Waals surface area contributed by atoms with Gasteiger partial charge in [0.05, 0.1) is 35.6 Å². The molecule has 4 rings (SSSR count). The van der Waals surface area contributed by atoms with Crippen molar-refractivity contribution in [3.63, 3.8) is 0 Å². The molecule has 0 saturated heterocycles. The van der Waals surface area contributed by atoms with Crippen LogP contribution in [0, 0.1) is 6.92 Å². The molecule has 2 aromatic rings. The number of aromatic nitrogens is 2. The number of sulfonamides is 1. The normalized spacial score (nSPS) is 22.6. The maximum atomic E-state index is 12.6. The first-order valence-corrected chi connectivity index (χ1v) is 11.4. The molecule has 0 amide bonds. The second-order valence-electron chi connectivity index (χ2n) is 7.87. The highest BCUT2D eigenvalue weighted by Crippen LogP contribution is 2.38. The predicted octanol–water partition coefficient (Wildman–Crippen LogP) is 1.16. The Hall–Kier alpha value is -2.69. The summed E-state index contributed by atoms with van der Waals surface area (Å²) in [5.74, 6) is 0.583. The van der Waals surface area contributed by atoms with Crippen molar-refractivity contribution >= 4 is 21.6 Å². The van der Waals surface area contributed by atoms with Gasteiger partial charge in [-0.3, -0.25) is 5.01 Å². The molecule has 1 aromatic heterocycles. The van der Waals surface area contributed by atoms with E-state index in [1.54, 1.807) is 40.5 Å². The third-order valence-corrected chi connectivity index (χ3v) is 6.72. The first-order chi connectivity index (χ1) is 14.2. The van der Waals surface area contributed by atoms with Crippen LogP contribution in [-0.2, 0) is 10.0 Å². The molecule has 5 N–H and O–H groups in total. The third kappa shape index (κ3) is 3.98.